The molecule has 2 aromatic carbocycles. The number of hydrogen-bond donors (Lipinski definition) is 2. The van der Waals surface area contributed by atoms with Crippen molar-refractivity contribution in [1.29, 1.82) is 0 Å². The molecule has 0 heterocycles. The van der Waals surface area contributed by atoms with Gasteiger partial charge in [-0.3, -0.25) is 0 Å². The van der Waals surface area contributed by atoms with Gasteiger partial charge in [0.05, 0.1) is 0 Å². The average Bonchev–Trinajstić information content (AvgIpc) is 2.44. The van der Waals surface area contributed by atoms with E-state index in [-0.39, 0.29) is 0 Å². The van der Waals surface area contributed by atoms with Crippen molar-refractivity contribution < 1.29 is 9.90 Å². The largest absolute Gasteiger partial charge is 0.479 e. The SMILES string of the molecule is CC(C)c1ccc(C(Nc2cccc(Br)c2)C(=O)O)cc1. The third-order valence-electron chi connectivity index (χ3n) is 3.32. The van der Waals surface area contributed by atoms with Gasteiger partial charge in [-0.15, -0.1) is 0 Å². The molecule has 0 fully saturated rings. The summed E-state index contributed by atoms with van der Waals surface area (Å²) >= 11 is 3.38. The summed E-state index contributed by atoms with van der Waals surface area (Å²) in [5.74, 6) is -0.465. The van der Waals surface area contributed by atoms with Crippen LogP contribution < -0.4 is 5.32 Å². The number of hydrogen-bond acceptors (Lipinski definition) is 2. The summed E-state index contributed by atoms with van der Waals surface area (Å²) < 4.78 is 0.909. The second kappa shape index (κ2) is 6.76. The number of benzene rings is 2. The van der Waals surface area contributed by atoms with E-state index in [0.29, 0.717) is 5.92 Å². The highest BCUT2D eigenvalue weighted by Crippen LogP contribution is 2.24. The van der Waals surface area contributed by atoms with Crippen molar-refractivity contribution in [2.45, 2.75) is 25.8 Å². The van der Waals surface area contributed by atoms with Crippen LogP contribution in [0.25, 0.3) is 0 Å². The number of rotatable bonds is 5. The number of halogens is 1. The second-order valence-electron chi connectivity index (χ2n) is 5.25. The van der Waals surface area contributed by atoms with Crippen molar-refractivity contribution in [3.63, 3.8) is 0 Å². The summed E-state index contributed by atoms with van der Waals surface area (Å²) in [5.41, 5.74) is 2.71. The number of nitrogens with one attached hydrogen (secondary N) is 1. The molecule has 0 bridgehead atoms. The van der Waals surface area contributed by atoms with Gasteiger partial charge in [-0.2, -0.15) is 0 Å². The van der Waals surface area contributed by atoms with Crippen LogP contribution in [0.1, 0.15) is 36.9 Å². The molecule has 4 heteroatoms. The summed E-state index contributed by atoms with van der Waals surface area (Å²) in [6.07, 6.45) is 0. The molecule has 0 aliphatic rings. The Bertz CT molecular complexity index is 623. The van der Waals surface area contributed by atoms with Gasteiger partial charge < -0.3 is 10.4 Å². The molecule has 2 N–H and O–H groups in total. The van der Waals surface area contributed by atoms with Crippen molar-refractivity contribution in [3.8, 4) is 0 Å². The minimum atomic E-state index is -0.896. The predicted molar refractivity (Wildman–Crippen MR) is 88.7 cm³/mol. The lowest BCUT2D eigenvalue weighted by Crippen LogP contribution is -2.20. The van der Waals surface area contributed by atoms with Crippen LogP contribution >= 0.6 is 15.9 Å². The molecule has 0 radical (unpaired) electrons. The van der Waals surface area contributed by atoms with E-state index in [2.05, 4.69) is 35.1 Å². The van der Waals surface area contributed by atoms with E-state index in [1.807, 2.05) is 48.5 Å². The van der Waals surface area contributed by atoms with Crippen LogP contribution in [0.2, 0.25) is 0 Å². The summed E-state index contributed by atoms with van der Waals surface area (Å²) in [6, 6.07) is 14.4. The fourth-order valence-corrected chi connectivity index (χ4v) is 2.51. The van der Waals surface area contributed by atoms with Crippen molar-refractivity contribution in [2.24, 2.45) is 0 Å². The molecule has 110 valence electrons. The summed E-state index contributed by atoms with van der Waals surface area (Å²) in [5, 5.41) is 12.5. The Hall–Kier alpha value is -1.81. The van der Waals surface area contributed by atoms with Crippen LogP contribution in [-0.4, -0.2) is 11.1 Å². The fraction of sp³-hybridized carbons (Fsp3) is 0.235. The molecular weight excluding hydrogens is 330 g/mol. The van der Waals surface area contributed by atoms with Gasteiger partial charge >= 0.3 is 5.97 Å². The highest BCUT2D eigenvalue weighted by atomic mass is 79.9. The Morgan fingerprint density at radius 1 is 1.10 bits per heavy atom. The fourth-order valence-electron chi connectivity index (χ4n) is 2.11. The Labute approximate surface area is 133 Å². The third kappa shape index (κ3) is 4.08. The first kappa shape index (κ1) is 15.6. The molecule has 0 amide bonds. The maximum absolute atomic E-state index is 11.5. The van der Waals surface area contributed by atoms with Crippen LogP contribution in [0.5, 0.6) is 0 Å². The molecule has 1 atom stereocenters. The predicted octanol–water partition coefficient (Wildman–Crippen LogP) is 4.81. The van der Waals surface area contributed by atoms with Crippen molar-refractivity contribution in [1.82, 2.24) is 0 Å². The first-order valence-electron chi connectivity index (χ1n) is 6.82. The zero-order valence-corrected chi connectivity index (χ0v) is 13.6. The van der Waals surface area contributed by atoms with Crippen molar-refractivity contribution >= 4 is 27.6 Å². The molecular formula is C17H18BrNO2. The van der Waals surface area contributed by atoms with Gasteiger partial charge in [-0.05, 0) is 35.2 Å². The maximum atomic E-state index is 11.5. The monoisotopic (exact) mass is 347 g/mol. The van der Waals surface area contributed by atoms with Crippen LogP contribution in [-0.2, 0) is 4.79 Å². The van der Waals surface area contributed by atoms with Crippen LogP contribution in [0.4, 0.5) is 5.69 Å². The molecule has 21 heavy (non-hydrogen) atoms. The van der Waals surface area contributed by atoms with Crippen LogP contribution in [0, 0.1) is 0 Å². The molecule has 2 rings (SSSR count). The molecule has 0 aliphatic carbocycles. The average molecular weight is 348 g/mol. The standard InChI is InChI=1S/C17H18BrNO2/c1-11(2)12-6-8-13(9-7-12)16(17(20)21)19-15-5-3-4-14(18)10-15/h3-11,16,19H,1-2H3,(H,20,21). The first-order chi connectivity index (χ1) is 9.97. The maximum Gasteiger partial charge on any atom is 0.330 e. The highest BCUT2D eigenvalue weighted by molar-refractivity contribution is 9.10. The Morgan fingerprint density at radius 2 is 1.71 bits per heavy atom. The van der Waals surface area contributed by atoms with E-state index in [1.165, 1.54) is 5.56 Å². The van der Waals surface area contributed by atoms with Gasteiger partial charge in [0.2, 0.25) is 0 Å². The van der Waals surface area contributed by atoms with E-state index in [4.69, 9.17) is 0 Å². The summed E-state index contributed by atoms with van der Waals surface area (Å²) in [4.78, 5) is 11.5. The number of aliphatic carboxylic acids is 1. The minimum absolute atomic E-state index is 0.431. The lowest BCUT2D eigenvalue weighted by atomic mass is 9.99. The van der Waals surface area contributed by atoms with E-state index in [0.717, 1.165) is 15.7 Å². The highest BCUT2D eigenvalue weighted by Gasteiger charge is 2.19. The van der Waals surface area contributed by atoms with Gasteiger partial charge in [0.1, 0.15) is 0 Å². The van der Waals surface area contributed by atoms with Gasteiger partial charge in [-0.1, -0.05) is 60.1 Å². The molecule has 2 aromatic rings. The summed E-state index contributed by atoms with van der Waals surface area (Å²) in [6.45, 7) is 4.23. The van der Waals surface area contributed by atoms with E-state index in [9.17, 15) is 9.90 Å². The van der Waals surface area contributed by atoms with Gasteiger partial charge in [0.25, 0.3) is 0 Å². The molecule has 3 nitrogen and oxygen atoms in total. The topological polar surface area (TPSA) is 49.3 Å². The second-order valence-corrected chi connectivity index (χ2v) is 6.16. The molecule has 0 saturated carbocycles. The van der Waals surface area contributed by atoms with E-state index < -0.39 is 12.0 Å². The molecule has 0 spiro atoms. The van der Waals surface area contributed by atoms with Gasteiger partial charge in [-0.25, -0.2) is 4.79 Å². The van der Waals surface area contributed by atoms with Gasteiger partial charge in [0.15, 0.2) is 6.04 Å². The number of anilines is 1. The molecule has 0 aromatic heterocycles. The Morgan fingerprint density at radius 3 is 2.24 bits per heavy atom. The summed E-state index contributed by atoms with van der Waals surface area (Å²) in [7, 11) is 0. The first-order valence-corrected chi connectivity index (χ1v) is 7.61. The van der Waals surface area contributed by atoms with Gasteiger partial charge in [0, 0.05) is 10.2 Å². The zero-order chi connectivity index (χ0) is 15.4. The lowest BCUT2D eigenvalue weighted by molar-refractivity contribution is -0.138. The van der Waals surface area contributed by atoms with Crippen LogP contribution in [0.15, 0.2) is 53.0 Å². The van der Waals surface area contributed by atoms with E-state index >= 15 is 0 Å². The number of carboxylic acids is 1. The van der Waals surface area contributed by atoms with Crippen LogP contribution in [0.3, 0.4) is 0 Å². The Balaban J connectivity index is 2.24. The van der Waals surface area contributed by atoms with Crippen molar-refractivity contribution in [3.05, 3.63) is 64.1 Å². The molecule has 1 unspecified atom stereocenters. The van der Waals surface area contributed by atoms with Crippen molar-refractivity contribution in [2.75, 3.05) is 5.32 Å². The quantitative estimate of drug-likeness (QED) is 0.815. The number of carbonyl (C=O) groups is 1. The number of carboxylic acid groups (broad SMARTS) is 1. The third-order valence-corrected chi connectivity index (χ3v) is 3.81. The Kier molecular flexibility index (Phi) is 5.02. The zero-order valence-electron chi connectivity index (χ0n) is 12.0. The smallest absolute Gasteiger partial charge is 0.330 e. The molecule has 0 aliphatic heterocycles. The molecule has 0 saturated heterocycles. The van der Waals surface area contributed by atoms with E-state index in [1.54, 1.807) is 0 Å². The normalized spacial score (nSPS) is 12.2. The lowest BCUT2D eigenvalue weighted by Gasteiger charge is -2.17. The minimum Gasteiger partial charge on any atom is -0.479 e.